The van der Waals surface area contributed by atoms with E-state index in [9.17, 15) is 13.8 Å². The highest BCUT2D eigenvalue weighted by molar-refractivity contribution is 7.98. The summed E-state index contributed by atoms with van der Waals surface area (Å²) in [4.78, 5) is 25.0. The molecule has 0 bridgehead atoms. The van der Waals surface area contributed by atoms with Crippen LogP contribution in [0.5, 0.6) is 5.75 Å². The minimum Gasteiger partial charge on any atom is -0.493 e. The van der Waals surface area contributed by atoms with Gasteiger partial charge in [0.15, 0.2) is 0 Å². The number of ether oxygens (including phenoxy) is 2. The van der Waals surface area contributed by atoms with Gasteiger partial charge in [0, 0.05) is 46.8 Å². The highest BCUT2D eigenvalue weighted by Gasteiger charge is 2.17. The average Bonchev–Trinajstić information content (AvgIpc) is 2.85. The summed E-state index contributed by atoms with van der Waals surface area (Å²) in [6, 6.07) is 19.4. The largest absolute Gasteiger partial charge is 0.493 e. The lowest BCUT2D eigenvalue weighted by Crippen LogP contribution is -2.31. The molecule has 0 fully saturated rings. The zero-order valence-corrected chi connectivity index (χ0v) is 21.7. The van der Waals surface area contributed by atoms with E-state index in [0.29, 0.717) is 37.9 Å². The van der Waals surface area contributed by atoms with Gasteiger partial charge < -0.3 is 9.47 Å². The standard InChI is InChI=1S/C27H35N3O5S/c1-21(2)19-35-24-12-7-11-23(17-24)25(22-9-5-4-6-10-22)18-28-36(3,33)16-8-15-34-20-30-14-13-26(31)29-27(30)32/h4-7,9-14,17,21,25H,3,8,15-16,18-20H2,1-2H3,(H,28,33)(H,29,31,32). The molecule has 0 aliphatic heterocycles. The molecule has 0 radical (unpaired) electrons. The Bertz CT molecular complexity index is 1320. The van der Waals surface area contributed by atoms with Gasteiger partial charge in [-0.1, -0.05) is 56.3 Å². The third-order valence-electron chi connectivity index (χ3n) is 5.49. The van der Waals surface area contributed by atoms with Crippen LogP contribution in [-0.4, -0.2) is 45.1 Å². The van der Waals surface area contributed by atoms with E-state index in [1.54, 1.807) is 0 Å². The van der Waals surface area contributed by atoms with Crippen molar-refractivity contribution in [1.82, 2.24) is 14.3 Å². The van der Waals surface area contributed by atoms with E-state index in [4.69, 9.17) is 9.47 Å². The van der Waals surface area contributed by atoms with Gasteiger partial charge in [0.2, 0.25) is 0 Å². The summed E-state index contributed by atoms with van der Waals surface area (Å²) in [5, 5.41) is 0. The fourth-order valence-corrected chi connectivity index (χ4v) is 4.81. The molecule has 36 heavy (non-hydrogen) atoms. The maximum absolute atomic E-state index is 13.1. The van der Waals surface area contributed by atoms with Crippen molar-refractivity contribution in [3.05, 3.63) is 98.8 Å². The Hall–Kier alpha value is -3.14. The Morgan fingerprint density at radius 2 is 1.81 bits per heavy atom. The Balaban J connectivity index is 1.58. The molecule has 2 N–H and O–H groups in total. The molecule has 0 saturated carbocycles. The smallest absolute Gasteiger partial charge is 0.330 e. The highest BCUT2D eigenvalue weighted by Crippen LogP contribution is 2.27. The number of H-pyrrole nitrogens is 1. The molecule has 0 saturated heterocycles. The fraction of sp³-hybridized carbons (Fsp3) is 0.370. The van der Waals surface area contributed by atoms with Gasteiger partial charge in [0.05, 0.1) is 6.61 Å². The first-order chi connectivity index (χ1) is 17.2. The molecule has 3 rings (SSSR count). The number of rotatable bonds is 14. The van der Waals surface area contributed by atoms with Crippen LogP contribution in [-0.2, 0) is 21.2 Å². The van der Waals surface area contributed by atoms with Crippen molar-refractivity contribution in [2.24, 2.45) is 5.92 Å². The molecular weight excluding hydrogens is 478 g/mol. The number of nitrogens with zero attached hydrogens (tertiary/aromatic N) is 1. The Kier molecular flexibility index (Phi) is 10.1. The second-order valence-electron chi connectivity index (χ2n) is 9.08. The summed E-state index contributed by atoms with van der Waals surface area (Å²) in [7, 11) is -2.56. The monoisotopic (exact) mass is 513 g/mol. The zero-order valence-electron chi connectivity index (χ0n) is 20.9. The molecule has 194 valence electrons. The van der Waals surface area contributed by atoms with Crippen LogP contribution in [0.3, 0.4) is 0 Å². The van der Waals surface area contributed by atoms with Crippen molar-refractivity contribution in [3.63, 3.8) is 0 Å². The predicted molar refractivity (Wildman–Crippen MR) is 145 cm³/mol. The van der Waals surface area contributed by atoms with Gasteiger partial charge in [0.1, 0.15) is 12.5 Å². The third-order valence-corrected chi connectivity index (χ3v) is 7.13. The number of aromatic amines is 1. The molecule has 2 unspecified atom stereocenters. The lowest BCUT2D eigenvalue weighted by atomic mass is 9.91. The maximum Gasteiger partial charge on any atom is 0.330 e. The summed E-state index contributed by atoms with van der Waals surface area (Å²) < 4.78 is 29.0. The Labute approximate surface area is 212 Å². The van der Waals surface area contributed by atoms with Crippen molar-refractivity contribution in [1.29, 1.82) is 0 Å². The maximum atomic E-state index is 13.1. The summed E-state index contributed by atoms with van der Waals surface area (Å²) in [6.45, 7) is 5.63. The Morgan fingerprint density at radius 1 is 1.06 bits per heavy atom. The van der Waals surface area contributed by atoms with E-state index in [1.165, 1.54) is 16.8 Å². The molecule has 0 amide bonds. The number of benzene rings is 2. The van der Waals surface area contributed by atoms with Crippen LogP contribution < -0.4 is 20.7 Å². The number of nitrogens with one attached hydrogen (secondary N) is 2. The molecule has 0 aliphatic carbocycles. The molecule has 0 aliphatic rings. The highest BCUT2D eigenvalue weighted by atomic mass is 32.2. The first-order valence-electron chi connectivity index (χ1n) is 12.0. The second kappa shape index (κ2) is 13.2. The molecule has 1 aromatic heterocycles. The molecule has 8 nitrogen and oxygen atoms in total. The van der Waals surface area contributed by atoms with Crippen LogP contribution >= 0.6 is 0 Å². The normalized spacial score (nSPS) is 13.9. The van der Waals surface area contributed by atoms with E-state index in [1.807, 2.05) is 36.4 Å². The van der Waals surface area contributed by atoms with Crippen LogP contribution in [0.15, 0.2) is 76.4 Å². The first-order valence-corrected chi connectivity index (χ1v) is 13.9. The van der Waals surface area contributed by atoms with Crippen molar-refractivity contribution in [2.45, 2.75) is 32.9 Å². The summed E-state index contributed by atoms with van der Waals surface area (Å²) in [6.07, 6.45) is 1.88. The van der Waals surface area contributed by atoms with Crippen LogP contribution in [0.1, 0.15) is 37.3 Å². The Morgan fingerprint density at radius 3 is 2.53 bits per heavy atom. The topological polar surface area (TPSA) is 102 Å². The summed E-state index contributed by atoms with van der Waals surface area (Å²) in [5.74, 6) is 5.46. The van der Waals surface area contributed by atoms with Crippen molar-refractivity contribution in [2.75, 3.05) is 25.5 Å². The van der Waals surface area contributed by atoms with E-state index >= 15 is 0 Å². The minimum absolute atomic E-state index is 0.00662. The van der Waals surface area contributed by atoms with E-state index in [2.05, 4.69) is 47.6 Å². The third kappa shape index (κ3) is 8.82. The van der Waals surface area contributed by atoms with E-state index in [0.717, 1.165) is 16.9 Å². The SMILES string of the molecule is C=S(=O)(CCCOCn1ccc(=O)[nH]c1=O)NCC(c1ccccc1)c1cccc(OCC(C)C)c1. The van der Waals surface area contributed by atoms with Crippen LogP contribution in [0, 0.1) is 5.92 Å². The van der Waals surface area contributed by atoms with E-state index < -0.39 is 21.0 Å². The molecule has 2 aromatic carbocycles. The van der Waals surface area contributed by atoms with Crippen LogP contribution in [0.2, 0.25) is 0 Å². The number of hydrogen-bond donors (Lipinski definition) is 2. The molecule has 9 heteroatoms. The summed E-state index contributed by atoms with van der Waals surface area (Å²) >= 11 is 0. The summed E-state index contributed by atoms with van der Waals surface area (Å²) in [5.41, 5.74) is 1.19. The van der Waals surface area contributed by atoms with Gasteiger partial charge in [-0.15, -0.1) is 0 Å². The fourth-order valence-electron chi connectivity index (χ4n) is 3.61. The van der Waals surface area contributed by atoms with Crippen molar-refractivity contribution >= 4 is 15.6 Å². The van der Waals surface area contributed by atoms with Gasteiger partial charge in [-0.3, -0.25) is 18.6 Å². The minimum atomic E-state index is -2.56. The second-order valence-corrected chi connectivity index (χ2v) is 11.4. The molecule has 3 aromatic rings. The predicted octanol–water partition coefficient (Wildman–Crippen LogP) is 2.99. The number of hydrogen-bond acceptors (Lipinski definition) is 5. The van der Waals surface area contributed by atoms with Crippen molar-refractivity contribution in [3.8, 4) is 5.75 Å². The molecule has 0 spiro atoms. The lowest BCUT2D eigenvalue weighted by molar-refractivity contribution is 0.0746. The number of aromatic nitrogens is 2. The van der Waals surface area contributed by atoms with Gasteiger partial charge in [-0.2, -0.15) is 0 Å². The quantitative estimate of drug-likeness (QED) is 0.255. The zero-order chi connectivity index (χ0) is 26.0. The molecule has 1 heterocycles. The van der Waals surface area contributed by atoms with Crippen LogP contribution in [0.25, 0.3) is 0 Å². The van der Waals surface area contributed by atoms with Gasteiger partial charge >= 0.3 is 5.69 Å². The van der Waals surface area contributed by atoms with Crippen LogP contribution in [0.4, 0.5) is 0 Å². The average molecular weight is 514 g/mol. The molecular formula is C27H35N3O5S. The van der Waals surface area contributed by atoms with Gasteiger partial charge in [-0.05, 0) is 41.5 Å². The first kappa shape index (κ1) is 27.4. The lowest BCUT2D eigenvalue weighted by Gasteiger charge is -2.21. The van der Waals surface area contributed by atoms with Crippen molar-refractivity contribution < 1.29 is 13.7 Å². The van der Waals surface area contributed by atoms with Gasteiger partial charge in [-0.25, -0.2) is 9.52 Å². The molecule has 2 atom stereocenters. The van der Waals surface area contributed by atoms with Gasteiger partial charge in [0.25, 0.3) is 5.56 Å². The van der Waals surface area contributed by atoms with E-state index in [-0.39, 0.29) is 12.6 Å².